The van der Waals surface area contributed by atoms with Crippen molar-refractivity contribution < 1.29 is 13.2 Å². The number of fused-ring (bicyclic) bond motifs is 1. The smallest absolute Gasteiger partial charge is 0.251 e. The number of carbonyl (C=O) groups is 1. The first-order valence-corrected chi connectivity index (χ1v) is 8.69. The normalized spacial score (nSPS) is 14.4. The third-order valence-electron chi connectivity index (χ3n) is 3.23. The lowest BCUT2D eigenvalue weighted by molar-refractivity contribution is 0.0944. The van der Waals surface area contributed by atoms with Gasteiger partial charge in [0.25, 0.3) is 5.91 Å². The molecule has 0 spiro atoms. The van der Waals surface area contributed by atoms with Crippen molar-refractivity contribution in [3.8, 4) is 0 Å². The first-order valence-electron chi connectivity index (χ1n) is 6.80. The van der Waals surface area contributed by atoms with Gasteiger partial charge in [-0.25, -0.2) is 13.1 Å². The van der Waals surface area contributed by atoms with E-state index in [1.54, 1.807) is 19.9 Å². The highest BCUT2D eigenvalue weighted by atomic mass is 32.2. The number of benzene rings is 1. The molecule has 0 saturated heterocycles. The van der Waals surface area contributed by atoms with Crippen LogP contribution in [0.5, 0.6) is 0 Å². The van der Waals surface area contributed by atoms with Crippen LogP contribution in [0.15, 0.2) is 18.2 Å². The molecule has 0 atom stereocenters. The summed E-state index contributed by atoms with van der Waals surface area (Å²) in [5, 5.41) is 5.99. The Morgan fingerprint density at radius 3 is 2.76 bits per heavy atom. The van der Waals surface area contributed by atoms with E-state index in [0.717, 1.165) is 24.9 Å². The standard InChI is InChI=1S/C14H21N3O3S/c1-14(2,17-21(3,19)20)9-16-13(18)11-5-4-10-6-7-15-12(10)8-11/h4-5,8,15,17H,6-7,9H2,1-3H3,(H,16,18). The van der Waals surface area contributed by atoms with Crippen molar-refractivity contribution >= 4 is 21.6 Å². The molecule has 7 heteroatoms. The number of carbonyl (C=O) groups excluding carboxylic acids is 1. The molecular formula is C14H21N3O3S. The number of rotatable bonds is 5. The van der Waals surface area contributed by atoms with Gasteiger partial charge < -0.3 is 10.6 Å². The zero-order valence-corrected chi connectivity index (χ0v) is 13.3. The van der Waals surface area contributed by atoms with Gasteiger partial charge in [-0.2, -0.15) is 0 Å². The van der Waals surface area contributed by atoms with Crippen LogP contribution in [0.1, 0.15) is 29.8 Å². The van der Waals surface area contributed by atoms with Crippen LogP contribution in [0.25, 0.3) is 0 Å². The fourth-order valence-electron chi connectivity index (χ4n) is 2.37. The lowest BCUT2D eigenvalue weighted by Crippen LogP contribution is -2.51. The number of anilines is 1. The zero-order valence-electron chi connectivity index (χ0n) is 12.5. The van der Waals surface area contributed by atoms with Gasteiger partial charge in [0.15, 0.2) is 0 Å². The fraction of sp³-hybridized carbons (Fsp3) is 0.500. The molecule has 0 bridgehead atoms. The van der Waals surface area contributed by atoms with Crippen LogP contribution in [0.3, 0.4) is 0 Å². The van der Waals surface area contributed by atoms with Crippen LogP contribution in [-0.4, -0.2) is 39.2 Å². The highest BCUT2D eigenvalue weighted by Crippen LogP contribution is 2.23. The fourth-order valence-corrected chi connectivity index (χ4v) is 3.45. The molecule has 0 fully saturated rings. The van der Waals surface area contributed by atoms with E-state index in [2.05, 4.69) is 15.4 Å². The Hall–Kier alpha value is -1.60. The summed E-state index contributed by atoms with van der Waals surface area (Å²) in [6, 6.07) is 5.57. The van der Waals surface area contributed by atoms with Gasteiger partial charge in [0.2, 0.25) is 10.0 Å². The highest BCUT2D eigenvalue weighted by molar-refractivity contribution is 7.88. The molecule has 2 rings (SSSR count). The molecule has 0 aliphatic carbocycles. The van der Waals surface area contributed by atoms with E-state index >= 15 is 0 Å². The van der Waals surface area contributed by atoms with Crippen molar-refractivity contribution in [3.63, 3.8) is 0 Å². The molecule has 0 radical (unpaired) electrons. The lowest BCUT2D eigenvalue weighted by Gasteiger charge is -2.25. The third-order valence-corrected chi connectivity index (χ3v) is 4.16. The highest BCUT2D eigenvalue weighted by Gasteiger charge is 2.23. The molecule has 1 aliphatic heterocycles. The minimum atomic E-state index is -3.31. The molecule has 1 aromatic rings. The summed E-state index contributed by atoms with van der Waals surface area (Å²) in [5.41, 5.74) is 2.04. The van der Waals surface area contributed by atoms with E-state index in [4.69, 9.17) is 0 Å². The minimum absolute atomic E-state index is 0.212. The monoisotopic (exact) mass is 311 g/mol. The quantitative estimate of drug-likeness (QED) is 0.747. The van der Waals surface area contributed by atoms with E-state index in [9.17, 15) is 13.2 Å². The van der Waals surface area contributed by atoms with Crippen molar-refractivity contribution in [2.45, 2.75) is 25.8 Å². The number of sulfonamides is 1. The van der Waals surface area contributed by atoms with Crippen LogP contribution >= 0.6 is 0 Å². The SMILES string of the molecule is CC(C)(CNC(=O)c1ccc2c(c1)NCC2)NS(C)(=O)=O. The molecule has 6 nitrogen and oxygen atoms in total. The average Bonchev–Trinajstić information content (AvgIpc) is 2.80. The maximum absolute atomic E-state index is 12.1. The van der Waals surface area contributed by atoms with Crippen molar-refractivity contribution in [2.75, 3.05) is 24.7 Å². The molecule has 1 aromatic carbocycles. The topological polar surface area (TPSA) is 87.3 Å². The predicted molar refractivity (Wildman–Crippen MR) is 83.0 cm³/mol. The van der Waals surface area contributed by atoms with Crippen molar-refractivity contribution in [1.29, 1.82) is 0 Å². The van der Waals surface area contributed by atoms with Crippen LogP contribution in [-0.2, 0) is 16.4 Å². The van der Waals surface area contributed by atoms with Crippen LogP contribution in [0, 0.1) is 0 Å². The van der Waals surface area contributed by atoms with Crippen molar-refractivity contribution in [3.05, 3.63) is 29.3 Å². The molecule has 116 valence electrons. The maximum atomic E-state index is 12.1. The van der Waals surface area contributed by atoms with Gasteiger partial charge in [0.1, 0.15) is 0 Å². The molecule has 21 heavy (non-hydrogen) atoms. The Morgan fingerprint density at radius 2 is 2.10 bits per heavy atom. The van der Waals surface area contributed by atoms with Gasteiger partial charge in [0.05, 0.1) is 6.26 Å². The van der Waals surface area contributed by atoms with Crippen LogP contribution in [0.2, 0.25) is 0 Å². The Labute approximate surface area is 125 Å². The van der Waals surface area contributed by atoms with Gasteiger partial charge in [-0.05, 0) is 38.0 Å². The summed E-state index contributed by atoms with van der Waals surface area (Å²) in [6.07, 6.45) is 2.07. The van der Waals surface area contributed by atoms with Crippen molar-refractivity contribution in [2.24, 2.45) is 0 Å². The Balaban J connectivity index is 1.99. The Morgan fingerprint density at radius 1 is 1.38 bits per heavy atom. The van der Waals surface area contributed by atoms with Crippen LogP contribution in [0.4, 0.5) is 5.69 Å². The van der Waals surface area contributed by atoms with Gasteiger partial charge in [-0.1, -0.05) is 6.07 Å². The van der Waals surface area contributed by atoms with Gasteiger partial charge in [0, 0.05) is 29.9 Å². The largest absolute Gasteiger partial charge is 0.384 e. The molecule has 0 aromatic heterocycles. The Bertz CT molecular complexity index is 653. The molecule has 1 aliphatic rings. The number of hydrogen-bond donors (Lipinski definition) is 3. The van der Waals surface area contributed by atoms with E-state index in [1.807, 2.05) is 12.1 Å². The lowest BCUT2D eigenvalue weighted by atomic mass is 10.1. The first-order chi connectivity index (χ1) is 9.66. The second-order valence-electron chi connectivity index (χ2n) is 5.99. The van der Waals surface area contributed by atoms with Gasteiger partial charge in [-0.15, -0.1) is 0 Å². The van der Waals surface area contributed by atoms with E-state index in [1.165, 1.54) is 5.56 Å². The average molecular weight is 311 g/mol. The summed E-state index contributed by atoms with van der Waals surface area (Å²) in [5.74, 6) is -0.213. The summed E-state index contributed by atoms with van der Waals surface area (Å²) < 4.78 is 25.0. The third kappa shape index (κ3) is 4.44. The molecule has 0 saturated carbocycles. The number of amides is 1. The van der Waals surface area contributed by atoms with E-state index < -0.39 is 15.6 Å². The zero-order chi connectivity index (χ0) is 15.7. The summed E-state index contributed by atoms with van der Waals surface area (Å²) in [6.45, 7) is 4.55. The second kappa shape index (κ2) is 5.65. The molecule has 3 N–H and O–H groups in total. The Kier molecular flexibility index (Phi) is 4.25. The van der Waals surface area contributed by atoms with Crippen molar-refractivity contribution in [1.82, 2.24) is 10.0 Å². The molecular weight excluding hydrogens is 290 g/mol. The van der Waals surface area contributed by atoms with Gasteiger partial charge >= 0.3 is 0 Å². The number of nitrogens with one attached hydrogen (secondary N) is 3. The minimum Gasteiger partial charge on any atom is -0.384 e. The summed E-state index contributed by atoms with van der Waals surface area (Å²) in [4.78, 5) is 12.1. The molecule has 1 amide bonds. The van der Waals surface area contributed by atoms with Crippen LogP contribution < -0.4 is 15.4 Å². The maximum Gasteiger partial charge on any atom is 0.251 e. The first kappa shape index (κ1) is 15.8. The van der Waals surface area contributed by atoms with E-state index in [0.29, 0.717) is 5.56 Å². The molecule has 1 heterocycles. The molecule has 0 unspecified atom stereocenters. The summed E-state index contributed by atoms with van der Waals surface area (Å²) >= 11 is 0. The summed E-state index contributed by atoms with van der Waals surface area (Å²) in [7, 11) is -3.31. The van der Waals surface area contributed by atoms with Gasteiger partial charge in [-0.3, -0.25) is 4.79 Å². The second-order valence-corrected chi connectivity index (χ2v) is 7.74. The predicted octanol–water partition coefficient (Wildman–Crippen LogP) is 0.712. The van der Waals surface area contributed by atoms with E-state index in [-0.39, 0.29) is 12.5 Å². The number of hydrogen-bond acceptors (Lipinski definition) is 4.